The van der Waals surface area contributed by atoms with Gasteiger partial charge >= 0.3 is 0 Å². The van der Waals surface area contributed by atoms with E-state index in [9.17, 15) is 4.79 Å². The summed E-state index contributed by atoms with van der Waals surface area (Å²) in [5, 5.41) is 0. The predicted molar refractivity (Wildman–Crippen MR) is 99.7 cm³/mol. The van der Waals surface area contributed by atoms with Crippen molar-refractivity contribution < 1.29 is 14.3 Å². The zero-order valence-corrected chi connectivity index (χ0v) is 15.6. The minimum atomic E-state index is 0.358. The van der Waals surface area contributed by atoms with Gasteiger partial charge in [0, 0.05) is 12.1 Å². The number of aldehydes is 1. The molecular weight excluding hydrogens is 330 g/mol. The van der Waals surface area contributed by atoms with Crippen LogP contribution in [0.5, 0.6) is 11.6 Å². The van der Waals surface area contributed by atoms with Crippen LogP contribution in [0, 0.1) is 0 Å². The maximum absolute atomic E-state index is 11.3. The SMILES string of the molecule is COc1cc(C=O)c(OCC2=C(c3cncn3C(C)C)CCCC2)cn1. The Morgan fingerprint density at radius 3 is 2.81 bits per heavy atom. The number of ether oxygens (including phenoxy) is 2. The van der Waals surface area contributed by atoms with Gasteiger partial charge in [-0.05, 0) is 50.7 Å². The lowest BCUT2D eigenvalue weighted by atomic mass is 9.90. The highest BCUT2D eigenvalue weighted by molar-refractivity contribution is 5.79. The van der Waals surface area contributed by atoms with Gasteiger partial charge in [0.05, 0.1) is 37.1 Å². The molecule has 6 heteroatoms. The van der Waals surface area contributed by atoms with Crippen LogP contribution >= 0.6 is 0 Å². The Kier molecular flexibility index (Phi) is 5.71. The Labute approximate surface area is 153 Å². The van der Waals surface area contributed by atoms with Crippen molar-refractivity contribution in [1.82, 2.24) is 14.5 Å². The van der Waals surface area contributed by atoms with Gasteiger partial charge in [-0.15, -0.1) is 0 Å². The van der Waals surface area contributed by atoms with E-state index < -0.39 is 0 Å². The largest absolute Gasteiger partial charge is 0.487 e. The van der Waals surface area contributed by atoms with Crippen LogP contribution in [0.2, 0.25) is 0 Å². The minimum Gasteiger partial charge on any atom is -0.487 e. The second-order valence-corrected chi connectivity index (χ2v) is 6.74. The average molecular weight is 355 g/mol. The first-order valence-electron chi connectivity index (χ1n) is 8.99. The summed E-state index contributed by atoms with van der Waals surface area (Å²) in [6, 6.07) is 1.95. The van der Waals surface area contributed by atoms with Gasteiger partial charge < -0.3 is 14.0 Å². The van der Waals surface area contributed by atoms with E-state index in [-0.39, 0.29) is 0 Å². The van der Waals surface area contributed by atoms with Gasteiger partial charge in [-0.2, -0.15) is 0 Å². The number of carbonyl (C=O) groups is 1. The topological polar surface area (TPSA) is 66.2 Å². The molecule has 2 aromatic heterocycles. The van der Waals surface area contributed by atoms with Crippen LogP contribution in [-0.2, 0) is 0 Å². The minimum absolute atomic E-state index is 0.358. The van der Waals surface area contributed by atoms with E-state index in [2.05, 4.69) is 28.4 Å². The number of aromatic nitrogens is 3. The maximum atomic E-state index is 11.3. The monoisotopic (exact) mass is 355 g/mol. The number of carbonyl (C=O) groups excluding carboxylic acids is 1. The van der Waals surface area contributed by atoms with Gasteiger partial charge in [0.1, 0.15) is 12.4 Å². The zero-order valence-electron chi connectivity index (χ0n) is 15.6. The van der Waals surface area contributed by atoms with E-state index >= 15 is 0 Å². The molecule has 0 fully saturated rings. The molecule has 2 aromatic rings. The molecule has 0 bridgehead atoms. The van der Waals surface area contributed by atoms with Gasteiger partial charge in [-0.25, -0.2) is 9.97 Å². The smallest absolute Gasteiger partial charge is 0.213 e. The van der Waals surface area contributed by atoms with Crippen LogP contribution in [0.1, 0.15) is 61.6 Å². The van der Waals surface area contributed by atoms with Crippen LogP contribution in [0.4, 0.5) is 0 Å². The maximum Gasteiger partial charge on any atom is 0.213 e. The number of rotatable bonds is 7. The van der Waals surface area contributed by atoms with Crippen LogP contribution in [-0.4, -0.2) is 34.5 Å². The van der Waals surface area contributed by atoms with E-state index in [1.807, 2.05) is 12.5 Å². The highest BCUT2D eigenvalue weighted by Gasteiger charge is 2.19. The third-order valence-corrected chi connectivity index (χ3v) is 4.72. The van der Waals surface area contributed by atoms with E-state index in [1.165, 1.54) is 30.4 Å². The van der Waals surface area contributed by atoms with Crippen LogP contribution in [0.3, 0.4) is 0 Å². The van der Waals surface area contributed by atoms with E-state index in [1.54, 1.807) is 12.3 Å². The first-order chi connectivity index (χ1) is 12.6. The molecule has 0 unspecified atom stereocenters. The Hall–Kier alpha value is -2.63. The summed E-state index contributed by atoms with van der Waals surface area (Å²) in [5.41, 5.74) is 4.20. The third-order valence-electron chi connectivity index (χ3n) is 4.72. The third kappa shape index (κ3) is 3.79. The van der Waals surface area contributed by atoms with Crippen molar-refractivity contribution in [2.45, 2.75) is 45.6 Å². The molecule has 0 aromatic carbocycles. The number of allylic oxidation sites excluding steroid dienone is 1. The fourth-order valence-corrected chi connectivity index (χ4v) is 3.31. The quantitative estimate of drug-likeness (QED) is 0.700. The molecule has 0 spiro atoms. The predicted octanol–water partition coefficient (Wildman–Crippen LogP) is 4.09. The number of methoxy groups -OCH3 is 1. The van der Waals surface area contributed by atoms with Crippen molar-refractivity contribution >= 4 is 11.9 Å². The van der Waals surface area contributed by atoms with Crippen molar-refractivity contribution in [2.24, 2.45) is 0 Å². The number of imidazole rings is 1. The molecule has 0 amide bonds. The molecule has 6 nitrogen and oxygen atoms in total. The molecule has 1 aliphatic carbocycles. The van der Waals surface area contributed by atoms with Crippen molar-refractivity contribution in [3.8, 4) is 11.6 Å². The summed E-state index contributed by atoms with van der Waals surface area (Å²) < 4.78 is 13.2. The number of hydrogen-bond donors (Lipinski definition) is 0. The second kappa shape index (κ2) is 8.17. The molecule has 0 radical (unpaired) electrons. The highest BCUT2D eigenvalue weighted by atomic mass is 16.5. The Balaban J connectivity index is 1.86. The normalized spacial score (nSPS) is 14.6. The van der Waals surface area contributed by atoms with Crippen molar-refractivity contribution in [3.63, 3.8) is 0 Å². The second-order valence-electron chi connectivity index (χ2n) is 6.74. The van der Waals surface area contributed by atoms with E-state index in [0.29, 0.717) is 29.8 Å². The summed E-state index contributed by atoms with van der Waals surface area (Å²) in [6.07, 6.45) is 10.5. The van der Waals surface area contributed by atoms with Gasteiger partial charge in [-0.1, -0.05) is 0 Å². The lowest BCUT2D eigenvalue weighted by molar-refractivity contribution is 0.111. The molecule has 0 saturated carbocycles. The molecule has 3 rings (SSSR count). The van der Waals surface area contributed by atoms with Crippen LogP contribution in [0.15, 0.2) is 30.4 Å². The molecule has 0 N–H and O–H groups in total. The van der Waals surface area contributed by atoms with Gasteiger partial charge in [0.15, 0.2) is 6.29 Å². The molecule has 0 saturated heterocycles. The van der Waals surface area contributed by atoms with Gasteiger partial charge in [0.25, 0.3) is 0 Å². The fourth-order valence-electron chi connectivity index (χ4n) is 3.31. The zero-order chi connectivity index (χ0) is 18.5. The first-order valence-corrected chi connectivity index (χ1v) is 8.99. The molecular formula is C20H25N3O3. The highest BCUT2D eigenvalue weighted by Crippen LogP contribution is 2.34. The lowest BCUT2D eigenvalue weighted by Crippen LogP contribution is -2.12. The summed E-state index contributed by atoms with van der Waals surface area (Å²) in [6.45, 7) is 4.77. The average Bonchev–Trinajstić information content (AvgIpc) is 3.16. The molecule has 0 atom stereocenters. The summed E-state index contributed by atoms with van der Waals surface area (Å²) >= 11 is 0. The van der Waals surface area contributed by atoms with Crippen molar-refractivity contribution in [2.75, 3.05) is 13.7 Å². The van der Waals surface area contributed by atoms with E-state index in [0.717, 1.165) is 25.5 Å². The molecule has 0 aliphatic heterocycles. The fraction of sp³-hybridized carbons (Fsp3) is 0.450. The Morgan fingerprint density at radius 1 is 1.27 bits per heavy atom. The molecule has 1 aliphatic rings. The Bertz CT molecular complexity index is 808. The van der Waals surface area contributed by atoms with Crippen molar-refractivity contribution in [1.29, 1.82) is 0 Å². The molecule has 138 valence electrons. The van der Waals surface area contributed by atoms with Crippen molar-refractivity contribution in [3.05, 3.63) is 41.6 Å². The number of hydrogen-bond acceptors (Lipinski definition) is 5. The Morgan fingerprint density at radius 2 is 2.08 bits per heavy atom. The first kappa shape index (κ1) is 18.2. The van der Waals surface area contributed by atoms with Gasteiger partial charge in [0.2, 0.25) is 5.88 Å². The number of pyridine rings is 1. The summed E-state index contributed by atoms with van der Waals surface area (Å²) in [5.74, 6) is 0.883. The molecule has 26 heavy (non-hydrogen) atoms. The van der Waals surface area contributed by atoms with E-state index in [4.69, 9.17) is 9.47 Å². The summed E-state index contributed by atoms with van der Waals surface area (Å²) in [4.78, 5) is 19.8. The standard InChI is InChI=1S/C20H25N3O3/c1-14(2)23-13-21-9-18(23)17-7-5-4-6-15(17)12-26-19-10-22-20(25-3)8-16(19)11-24/h8-11,13-14H,4-7,12H2,1-3H3. The molecule has 2 heterocycles. The number of nitrogens with zero attached hydrogens (tertiary/aromatic N) is 3. The van der Waals surface area contributed by atoms with Gasteiger partial charge in [-0.3, -0.25) is 4.79 Å². The van der Waals surface area contributed by atoms with Crippen LogP contribution < -0.4 is 9.47 Å². The van der Waals surface area contributed by atoms with Crippen LogP contribution in [0.25, 0.3) is 5.57 Å². The summed E-state index contributed by atoms with van der Waals surface area (Å²) in [7, 11) is 1.52. The lowest BCUT2D eigenvalue weighted by Gasteiger charge is -2.23.